The molecule has 3 heterocycles. The maximum atomic E-state index is 5.67. The van der Waals surface area contributed by atoms with Crippen molar-refractivity contribution in [3.63, 3.8) is 0 Å². The van der Waals surface area contributed by atoms with Crippen molar-refractivity contribution in [1.82, 2.24) is 15.3 Å². The summed E-state index contributed by atoms with van der Waals surface area (Å²) in [5, 5.41) is 4.92. The van der Waals surface area contributed by atoms with Gasteiger partial charge in [0.15, 0.2) is 0 Å². The summed E-state index contributed by atoms with van der Waals surface area (Å²) in [6.45, 7) is 5.81. The second-order valence-corrected chi connectivity index (χ2v) is 6.03. The van der Waals surface area contributed by atoms with Crippen LogP contribution in [-0.2, 0) is 6.42 Å². The predicted molar refractivity (Wildman–Crippen MR) is 92.0 cm³/mol. The van der Waals surface area contributed by atoms with Crippen LogP contribution in [0.5, 0.6) is 5.75 Å². The first kappa shape index (κ1) is 14.3. The monoisotopic (exact) mass is 307 g/mol. The van der Waals surface area contributed by atoms with Crippen LogP contribution in [0.3, 0.4) is 0 Å². The molecule has 0 bridgehead atoms. The second kappa shape index (κ2) is 5.70. The van der Waals surface area contributed by atoms with Crippen LogP contribution in [0.15, 0.2) is 36.7 Å². The van der Waals surface area contributed by atoms with E-state index in [1.54, 1.807) is 0 Å². The van der Waals surface area contributed by atoms with Crippen LogP contribution in [0.4, 0.5) is 0 Å². The fourth-order valence-electron chi connectivity index (χ4n) is 3.54. The van der Waals surface area contributed by atoms with Crippen LogP contribution in [0, 0.1) is 6.92 Å². The summed E-state index contributed by atoms with van der Waals surface area (Å²) in [5.74, 6) is 0.942. The lowest BCUT2D eigenvalue weighted by molar-refractivity contribution is 0.340. The Morgan fingerprint density at radius 3 is 3.04 bits per heavy atom. The van der Waals surface area contributed by atoms with E-state index in [9.17, 15) is 0 Å². The third kappa shape index (κ3) is 2.39. The number of aryl methyl sites for hydroxylation is 1. The van der Waals surface area contributed by atoms with E-state index in [1.165, 1.54) is 33.3 Å². The van der Waals surface area contributed by atoms with E-state index in [2.05, 4.69) is 40.4 Å². The Bertz CT molecular complexity index is 853. The van der Waals surface area contributed by atoms with Crippen molar-refractivity contribution >= 4 is 10.9 Å². The fourth-order valence-corrected chi connectivity index (χ4v) is 3.54. The first-order valence-corrected chi connectivity index (χ1v) is 8.19. The lowest BCUT2D eigenvalue weighted by Gasteiger charge is -2.25. The van der Waals surface area contributed by atoms with Gasteiger partial charge in [0, 0.05) is 35.5 Å². The summed E-state index contributed by atoms with van der Waals surface area (Å²) in [6, 6.07) is 8.63. The van der Waals surface area contributed by atoms with Gasteiger partial charge in [0.25, 0.3) is 0 Å². The highest BCUT2D eigenvalue weighted by Gasteiger charge is 2.26. The molecule has 23 heavy (non-hydrogen) atoms. The van der Waals surface area contributed by atoms with Crippen LogP contribution < -0.4 is 10.1 Å². The van der Waals surface area contributed by atoms with Crippen molar-refractivity contribution in [3.05, 3.63) is 59.0 Å². The maximum Gasteiger partial charge on any atom is 0.120 e. The minimum Gasteiger partial charge on any atom is -0.494 e. The van der Waals surface area contributed by atoms with Crippen molar-refractivity contribution in [3.8, 4) is 5.75 Å². The van der Waals surface area contributed by atoms with Crippen LogP contribution in [0.25, 0.3) is 10.9 Å². The minimum atomic E-state index is 0.199. The summed E-state index contributed by atoms with van der Waals surface area (Å²) in [4.78, 5) is 7.84. The van der Waals surface area contributed by atoms with Crippen molar-refractivity contribution in [1.29, 1.82) is 0 Å². The molecule has 1 aliphatic rings. The number of hydrogen-bond donors (Lipinski definition) is 2. The molecule has 0 radical (unpaired) electrons. The number of hydrogen-bond acceptors (Lipinski definition) is 3. The summed E-state index contributed by atoms with van der Waals surface area (Å²) in [6.07, 6.45) is 4.83. The Kier molecular flexibility index (Phi) is 3.54. The summed E-state index contributed by atoms with van der Waals surface area (Å²) in [7, 11) is 0. The number of aromatic amines is 1. The number of rotatable bonds is 3. The van der Waals surface area contributed by atoms with Crippen LogP contribution in [-0.4, -0.2) is 23.1 Å². The van der Waals surface area contributed by atoms with Gasteiger partial charge in [0.05, 0.1) is 12.6 Å². The van der Waals surface area contributed by atoms with Gasteiger partial charge in [0.2, 0.25) is 0 Å². The van der Waals surface area contributed by atoms with Gasteiger partial charge in [-0.25, -0.2) is 0 Å². The number of nitrogens with zero attached hydrogens (tertiary/aromatic N) is 1. The Labute approximate surface area is 135 Å². The molecule has 1 aromatic carbocycles. The van der Waals surface area contributed by atoms with E-state index in [0.29, 0.717) is 6.61 Å². The van der Waals surface area contributed by atoms with Crippen molar-refractivity contribution in [2.24, 2.45) is 0 Å². The fraction of sp³-hybridized carbons (Fsp3) is 0.316. The average molecular weight is 307 g/mol. The number of aromatic nitrogens is 2. The third-order valence-electron chi connectivity index (χ3n) is 4.61. The minimum absolute atomic E-state index is 0.199. The Hall–Kier alpha value is -2.33. The van der Waals surface area contributed by atoms with Crippen molar-refractivity contribution in [2.75, 3.05) is 13.2 Å². The van der Waals surface area contributed by atoms with E-state index in [0.717, 1.165) is 18.7 Å². The Morgan fingerprint density at radius 1 is 1.30 bits per heavy atom. The van der Waals surface area contributed by atoms with Gasteiger partial charge < -0.3 is 15.0 Å². The molecule has 1 unspecified atom stereocenters. The topological polar surface area (TPSA) is 49.9 Å². The van der Waals surface area contributed by atoms with Crippen LogP contribution in [0.1, 0.15) is 35.3 Å². The molecule has 4 rings (SSSR count). The number of ether oxygens (including phenoxy) is 1. The van der Waals surface area contributed by atoms with Gasteiger partial charge in [0.1, 0.15) is 5.75 Å². The second-order valence-electron chi connectivity index (χ2n) is 6.03. The molecule has 1 aliphatic heterocycles. The number of benzene rings is 1. The molecular weight excluding hydrogens is 286 g/mol. The van der Waals surface area contributed by atoms with Gasteiger partial charge in [-0.05, 0) is 61.2 Å². The molecule has 0 aliphatic carbocycles. The smallest absolute Gasteiger partial charge is 0.120 e. The molecule has 0 saturated carbocycles. The molecule has 0 fully saturated rings. The largest absolute Gasteiger partial charge is 0.494 e. The SMILES string of the molecule is CCOc1ccc2[nH]c3c(c2c1)CCNC3c1ccncc1C. The standard InChI is InChI=1S/C19H21N3O/c1-3-23-13-4-5-17-16(10-13)15-7-9-21-18(19(15)22-17)14-6-8-20-11-12(14)2/h4-6,8,10-11,18,21-22H,3,7,9H2,1-2H3. The normalized spacial score (nSPS) is 17.2. The Morgan fingerprint density at radius 2 is 2.22 bits per heavy atom. The molecule has 2 aromatic heterocycles. The van der Waals surface area contributed by atoms with E-state index in [-0.39, 0.29) is 6.04 Å². The van der Waals surface area contributed by atoms with Gasteiger partial charge in [-0.2, -0.15) is 0 Å². The van der Waals surface area contributed by atoms with E-state index in [4.69, 9.17) is 4.74 Å². The van der Waals surface area contributed by atoms with Crippen molar-refractivity contribution < 1.29 is 4.74 Å². The van der Waals surface area contributed by atoms with Gasteiger partial charge in [-0.1, -0.05) is 0 Å². The zero-order chi connectivity index (χ0) is 15.8. The molecule has 1 atom stereocenters. The highest BCUT2D eigenvalue weighted by Crippen LogP contribution is 2.35. The highest BCUT2D eigenvalue weighted by atomic mass is 16.5. The van der Waals surface area contributed by atoms with Gasteiger partial charge in [-0.15, -0.1) is 0 Å². The van der Waals surface area contributed by atoms with Crippen molar-refractivity contribution in [2.45, 2.75) is 26.3 Å². The molecule has 3 aromatic rings. The molecular formula is C19H21N3O. The summed E-state index contributed by atoms with van der Waals surface area (Å²) < 4.78 is 5.67. The van der Waals surface area contributed by atoms with Crippen LogP contribution in [0.2, 0.25) is 0 Å². The quantitative estimate of drug-likeness (QED) is 0.778. The van der Waals surface area contributed by atoms with E-state index >= 15 is 0 Å². The average Bonchev–Trinajstić information content (AvgIpc) is 2.94. The zero-order valence-electron chi connectivity index (χ0n) is 13.5. The summed E-state index contributed by atoms with van der Waals surface area (Å²) >= 11 is 0. The number of fused-ring (bicyclic) bond motifs is 3. The third-order valence-corrected chi connectivity index (χ3v) is 4.61. The lowest BCUT2D eigenvalue weighted by Crippen LogP contribution is -2.30. The number of pyridine rings is 1. The molecule has 2 N–H and O–H groups in total. The number of H-pyrrole nitrogens is 1. The highest BCUT2D eigenvalue weighted by molar-refractivity contribution is 5.86. The maximum absolute atomic E-state index is 5.67. The molecule has 4 heteroatoms. The number of nitrogens with one attached hydrogen (secondary N) is 2. The first-order valence-electron chi connectivity index (χ1n) is 8.19. The van der Waals surface area contributed by atoms with E-state index in [1.807, 2.05) is 25.4 Å². The molecule has 0 spiro atoms. The molecule has 0 amide bonds. The summed E-state index contributed by atoms with van der Waals surface area (Å²) in [5.41, 5.74) is 6.36. The molecule has 4 nitrogen and oxygen atoms in total. The first-order chi connectivity index (χ1) is 11.3. The van der Waals surface area contributed by atoms with Gasteiger partial charge >= 0.3 is 0 Å². The van der Waals surface area contributed by atoms with Gasteiger partial charge in [-0.3, -0.25) is 4.98 Å². The molecule has 0 saturated heterocycles. The zero-order valence-corrected chi connectivity index (χ0v) is 13.5. The molecule has 118 valence electrons. The Balaban J connectivity index is 1.85. The lowest BCUT2D eigenvalue weighted by atomic mass is 9.93. The van der Waals surface area contributed by atoms with E-state index < -0.39 is 0 Å². The van der Waals surface area contributed by atoms with Crippen LogP contribution >= 0.6 is 0 Å². The predicted octanol–water partition coefficient (Wildman–Crippen LogP) is 3.51.